The maximum Gasteiger partial charge on any atom is 0.282 e. The van der Waals surface area contributed by atoms with Gasteiger partial charge in [0.1, 0.15) is 11.2 Å². The molecule has 0 atom stereocenters. The number of aromatic nitrogens is 4. The molecule has 1 fully saturated rings. The van der Waals surface area contributed by atoms with Crippen molar-refractivity contribution in [2.75, 3.05) is 23.3 Å². The molecule has 0 aliphatic carbocycles. The molecular formula is C24H22Cl2N6O. The fourth-order valence-corrected chi connectivity index (χ4v) is 4.69. The molecule has 1 aliphatic heterocycles. The predicted octanol–water partition coefficient (Wildman–Crippen LogP) is 5.52. The third-order valence-electron chi connectivity index (χ3n) is 5.78. The zero-order valence-corrected chi connectivity index (χ0v) is 19.6. The average Bonchev–Trinajstić information content (AvgIpc) is 2.83. The molecule has 2 aromatic heterocycles. The van der Waals surface area contributed by atoms with E-state index in [1.807, 2.05) is 12.1 Å². The first-order valence-electron chi connectivity index (χ1n) is 10.8. The zero-order chi connectivity index (χ0) is 22.9. The number of anilines is 3. The molecule has 5 rings (SSSR count). The molecule has 0 bridgehead atoms. The van der Waals surface area contributed by atoms with Crippen LogP contribution in [0.25, 0.3) is 16.6 Å². The molecule has 9 heteroatoms. The Bertz CT molecular complexity index is 1380. The smallest absolute Gasteiger partial charge is 0.282 e. The fourth-order valence-electron chi connectivity index (χ4n) is 4.14. The van der Waals surface area contributed by atoms with E-state index in [2.05, 4.69) is 37.4 Å². The highest BCUT2D eigenvalue weighted by atomic mass is 35.5. The second kappa shape index (κ2) is 9.00. The molecule has 0 amide bonds. The van der Waals surface area contributed by atoms with Gasteiger partial charge in [-0.25, -0.2) is 9.97 Å². The molecule has 1 N–H and O–H groups in total. The quantitative estimate of drug-likeness (QED) is 0.414. The number of rotatable bonds is 4. The molecule has 0 unspecified atom stereocenters. The Morgan fingerprint density at radius 2 is 1.73 bits per heavy atom. The third kappa shape index (κ3) is 4.26. The van der Waals surface area contributed by atoms with Gasteiger partial charge >= 0.3 is 0 Å². The topological polar surface area (TPSA) is 75.9 Å². The number of benzene rings is 2. The lowest BCUT2D eigenvalue weighted by molar-refractivity contribution is 0.578. The molecule has 1 saturated heterocycles. The van der Waals surface area contributed by atoms with E-state index in [0.29, 0.717) is 38.3 Å². The molecule has 3 heterocycles. The normalized spacial score (nSPS) is 14.0. The van der Waals surface area contributed by atoms with E-state index in [1.165, 1.54) is 35.8 Å². The summed E-state index contributed by atoms with van der Waals surface area (Å²) in [7, 11) is 0. The molecule has 1 aliphatic rings. The summed E-state index contributed by atoms with van der Waals surface area (Å²) in [5.74, 6) is 0.399. The van der Waals surface area contributed by atoms with E-state index < -0.39 is 0 Å². The van der Waals surface area contributed by atoms with E-state index in [4.69, 9.17) is 23.2 Å². The first-order valence-corrected chi connectivity index (χ1v) is 11.6. The molecule has 2 aromatic carbocycles. The molecule has 4 aromatic rings. The minimum atomic E-state index is -0.385. The average molecular weight is 481 g/mol. The largest absolute Gasteiger partial charge is 0.371 e. The van der Waals surface area contributed by atoms with Gasteiger partial charge in [0, 0.05) is 30.7 Å². The Morgan fingerprint density at radius 1 is 1.00 bits per heavy atom. The van der Waals surface area contributed by atoms with Gasteiger partial charge in [-0.05, 0) is 56.5 Å². The van der Waals surface area contributed by atoms with Crippen molar-refractivity contribution in [3.63, 3.8) is 0 Å². The van der Waals surface area contributed by atoms with Gasteiger partial charge in [-0.3, -0.25) is 4.79 Å². The van der Waals surface area contributed by atoms with Gasteiger partial charge in [-0.2, -0.15) is 9.78 Å². The number of para-hydroxylation sites is 1. The second-order valence-electron chi connectivity index (χ2n) is 8.05. The van der Waals surface area contributed by atoms with Crippen LogP contribution in [0.2, 0.25) is 10.0 Å². The lowest BCUT2D eigenvalue weighted by Gasteiger charge is -2.29. The van der Waals surface area contributed by atoms with Crippen molar-refractivity contribution in [2.45, 2.75) is 26.2 Å². The van der Waals surface area contributed by atoms with Crippen LogP contribution in [0.15, 0.2) is 53.5 Å². The van der Waals surface area contributed by atoms with Crippen molar-refractivity contribution >= 4 is 51.4 Å². The molecule has 0 radical (unpaired) electrons. The number of hydrogen-bond acceptors (Lipinski definition) is 6. The molecule has 0 spiro atoms. The van der Waals surface area contributed by atoms with Crippen molar-refractivity contribution in [2.24, 2.45) is 0 Å². The number of nitrogens with one attached hydrogen (secondary N) is 1. The van der Waals surface area contributed by atoms with Crippen LogP contribution in [0.4, 0.5) is 17.3 Å². The summed E-state index contributed by atoms with van der Waals surface area (Å²) in [6, 6.07) is 13.3. The van der Waals surface area contributed by atoms with Crippen LogP contribution in [-0.4, -0.2) is 32.8 Å². The molecule has 0 saturated carbocycles. The lowest BCUT2D eigenvalue weighted by Crippen LogP contribution is -2.29. The highest BCUT2D eigenvalue weighted by Crippen LogP contribution is 2.28. The van der Waals surface area contributed by atoms with E-state index in [0.717, 1.165) is 18.8 Å². The molecule has 7 nitrogen and oxygen atoms in total. The third-order valence-corrected chi connectivity index (χ3v) is 6.39. The zero-order valence-electron chi connectivity index (χ0n) is 18.1. The number of piperidine rings is 1. The number of halogens is 2. The Balaban J connectivity index is 1.50. The highest BCUT2D eigenvalue weighted by Gasteiger charge is 2.17. The van der Waals surface area contributed by atoms with Gasteiger partial charge in [-0.1, -0.05) is 35.3 Å². The van der Waals surface area contributed by atoms with E-state index >= 15 is 0 Å². The Kier molecular flexibility index (Phi) is 5.91. The summed E-state index contributed by atoms with van der Waals surface area (Å²) < 4.78 is 1.21. The van der Waals surface area contributed by atoms with Crippen molar-refractivity contribution in [3.8, 4) is 5.69 Å². The predicted molar refractivity (Wildman–Crippen MR) is 133 cm³/mol. The minimum Gasteiger partial charge on any atom is -0.371 e. The van der Waals surface area contributed by atoms with Gasteiger partial charge in [0.05, 0.1) is 21.1 Å². The van der Waals surface area contributed by atoms with Crippen molar-refractivity contribution in [3.05, 3.63) is 74.8 Å². The first-order chi connectivity index (χ1) is 16.0. The van der Waals surface area contributed by atoms with Crippen LogP contribution in [0.3, 0.4) is 0 Å². The maximum atomic E-state index is 13.2. The van der Waals surface area contributed by atoms with Gasteiger partial charge in [-0.15, -0.1) is 0 Å². The minimum absolute atomic E-state index is 0.337. The summed E-state index contributed by atoms with van der Waals surface area (Å²) >= 11 is 12.6. The van der Waals surface area contributed by atoms with Crippen molar-refractivity contribution in [1.82, 2.24) is 19.7 Å². The van der Waals surface area contributed by atoms with Crippen molar-refractivity contribution < 1.29 is 0 Å². The van der Waals surface area contributed by atoms with Crippen LogP contribution in [0.1, 0.15) is 25.0 Å². The van der Waals surface area contributed by atoms with E-state index in [1.54, 1.807) is 25.1 Å². The van der Waals surface area contributed by atoms with Crippen LogP contribution in [-0.2, 0) is 0 Å². The summed E-state index contributed by atoms with van der Waals surface area (Å²) in [6.07, 6.45) is 5.23. The van der Waals surface area contributed by atoms with Crippen molar-refractivity contribution in [1.29, 1.82) is 0 Å². The number of aryl methyl sites for hydroxylation is 1. The SMILES string of the molecule is Cc1nn(-c2c(Cl)cccc2Cl)c(=O)c2cnc(Nc3cccc(N4CCCCC4)c3)nc12. The first kappa shape index (κ1) is 21.7. The van der Waals surface area contributed by atoms with Crippen LogP contribution in [0, 0.1) is 6.92 Å². The number of hydrogen-bond donors (Lipinski definition) is 1. The Labute approximate surface area is 201 Å². The molecule has 168 valence electrons. The maximum absolute atomic E-state index is 13.2. The molecule has 33 heavy (non-hydrogen) atoms. The Morgan fingerprint density at radius 3 is 2.48 bits per heavy atom. The lowest BCUT2D eigenvalue weighted by atomic mass is 10.1. The Hall–Kier alpha value is -3.16. The standard InChI is InChI=1S/C24H22Cl2N6O/c1-15-21-18(23(33)32(30-15)22-19(25)9-6-10-20(22)26)14-27-24(29-21)28-16-7-5-8-17(13-16)31-11-3-2-4-12-31/h5-10,13-14H,2-4,11-12H2,1H3,(H,27,28,29). The second-order valence-corrected chi connectivity index (χ2v) is 8.87. The number of fused-ring (bicyclic) bond motifs is 1. The summed E-state index contributed by atoms with van der Waals surface area (Å²) in [6.45, 7) is 3.93. The summed E-state index contributed by atoms with van der Waals surface area (Å²) in [4.78, 5) is 24.5. The monoisotopic (exact) mass is 480 g/mol. The van der Waals surface area contributed by atoms with Crippen LogP contribution in [0.5, 0.6) is 0 Å². The van der Waals surface area contributed by atoms with Crippen LogP contribution < -0.4 is 15.8 Å². The fraction of sp³-hybridized carbons (Fsp3) is 0.250. The van der Waals surface area contributed by atoms with Gasteiger partial charge in [0.15, 0.2) is 0 Å². The van der Waals surface area contributed by atoms with E-state index in [-0.39, 0.29) is 5.56 Å². The van der Waals surface area contributed by atoms with E-state index in [9.17, 15) is 4.79 Å². The molecular weight excluding hydrogens is 459 g/mol. The van der Waals surface area contributed by atoms with Gasteiger partial charge < -0.3 is 10.2 Å². The summed E-state index contributed by atoms with van der Waals surface area (Å²) in [5.41, 5.74) is 3.06. The van der Waals surface area contributed by atoms with Gasteiger partial charge in [0.25, 0.3) is 5.56 Å². The van der Waals surface area contributed by atoms with Gasteiger partial charge in [0.2, 0.25) is 5.95 Å². The summed E-state index contributed by atoms with van der Waals surface area (Å²) in [5, 5.41) is 8.70. The van der Waals surface area contributed by atoms with Crippen LogP contribution >= 0.6 is 23.2 Å². The number of nitrogens with zero attached hydrogens (tertiary/aromatic N) is 5. The highest BCUT2D eigenvalue weighted by molar-refractivity contribution is 6.37.